The van der Waals surface area contributed by atoms with Gasteiger partial charge in [-0.15, -0.1) is 0 Å². The number of aliphatic carboxylic acids is 2. The van der Waals surface area contributed by atoms with E-state index in [-0.39, 0.29) is 70.0 Å². The standard InChI is InChI=1S/C75H119N17O19/c1-9-11-12-13-14-15-16-20-27-58(95)90-61(42(3)4)72(107)86-51(30-33-76)64(99)80-39-59(96)82-56(40-93)70(105)88-55(37-47-38-79-49-26-22-21-25-48(47)49)69(104)89-57(41-94)71(106)85-52(31-34-77)65(100)84-53(32-35-78)66(101)87-54(36-46-23-18-17-19-24-46)68(103)83-50(28-29-60(97)98)67(102)91-62(43(5)6)73(108)92-63(44(7)10-2)74(109)81-45(8)75(110)111/h17-19,21-26,38,42-45,50-57,61-63,79,93-94H,9-16,20,27-37,39-41,76-78H2,1-8H3,(H,80,99)(H,81,109)(H,82,96)(H,83,103)(H,84,100)(H,85,106)(H,86,107)(H,87,101)(H,88,105)(H,89,104)(H,90,95)(H,91,102)(H,92,108)(H,97,98)(H,110,111)/t44-,45-,50-,51+,52-,53+,54-,55+,56+,57-,61+,62-,63+/m0/s1. The Balaban J connectivity index is 1.83. The summed E-state index contributed by atoms with van der Waals surface area (Å²) in [5.74, 6) is -16.3. The normalized spacial score (nSPS) is 14.8. The lowest BCUT2D eigenvalue weighted by molar-refractivity contribution is -0.142. The number of nitrogens with two attached hydrogens (primary N) is 3. The summed E-state index contributed by atoms with van der Waals surface area (Å²) in [5, 5.41) is 73.2. The first kappa shape index (κ1) is 95.0. The van der Waals surface area contributed by atoms with E-state index in [2.05, 4.69) is 81.0 Å². The Kier molecular flexibility index (Phi) is 43.3. The SMILES string of the molecule is CCCCCCCCCCC(=O)N[C@@H](C(=O)N[C@H](CCN)C(=O)NCC(=O)N[C@H](CO)C(=O)N[C@H](Cc1c[nH]c2ccccc12)C(=O)N[C@@H](CO)C(=O)N[C@@H](CCN)C(=O)N[C@H](CCN)C(=O)N[C@@H](Cc1ccccc1)C(=O)N[C@@H](CCC(=O)O)C(=O)N[C@H](C(=O)N[C@@H](C(=O)N[C@@H](C)C(=O)O)[C@@H](C)CC)C(C)C)C(C)C. The van der Waals surface area contributed by atoms with E-state index in [1.165, 1.54) is 19.8 Å². The fourth-order valence-corrected chi connectivity index (χ4v) is 11.8. The first-order valence-electron chi connectivity index (χ1n) is 38.0. The molecule has 36 heteroatoms. The molecule has 111 heavy (non-hydrogen) atoms. The van der Waals surface area contributed by atoms with Gasteiger partial charge >= 0.3 is 11.9 Å². The molecular formula is C75H119N17O19. The molecule has 24 N–H and O–H groups in total. The Labute approximate surface area is 646 Å². The van der Waals surface area contributed by atoms with Crippen LogP contribution in [0.3, 0.4) is 0 Å². The van der Waals surface area contributed by atoms with Crippen LogP contribution in [-0.4, -0.2) is 226 Å². The number of hydrogen-bond acceptors (Lipinski definition) is 20. The molecule has 618 valence electrons. The molecule has 1 aromatic heterocycles. The summed E-state index contributed by atoms with van der Waals surface area (Å²) in [6.45, 7) is 9.79. The van der Waals surface area contributed by atoms with Gasteiger partial charge in [0.2, 0.25) is 76.8 Å². The molecule has 0 saturated carbocycles. The molecule has 0 radical (unpaired) electrons. The van der Waals surface area contributed by atoms with E-state index < -0.39 is 200 Å². The van der Waals surface area contributed by atoms with Crippen molar-refractivity contribution in [1.82, 2.24) is 74.1 Å². The summed E-state index contributed by atoms with van der Waals surface area (Å²) in [5.41, 5.74) is 19.2. The van der Waals surface area contributed by atoms with Crippen molar-refractivity contribution < 1.29 is 92.3 Å². The number of benzene rings is 2. The quantitative estimate of drug-likeness (QED) is 0.0266. The van der Waals surface area contributed by atoms with Gasteiger partial charge in [-0.25, -0.2) is 0 Å². The maximum atomic E-state index is 14.5. The number of carbonyl (C=O) groups is 15. The molecule has 13 amide bonds. The minimum atomic E-state index is -1.87. The second-order valence-electron chi connectivity index (χ2n) is 28.2. The lowest BCUT2D eigenvalue weighted by Gasteiger charge is -2.30. The average molecular weight is 1560 g/mol. The van der Waals surface area contributed by atoms with Crippen molar-refractivity contribution in [3.63, 3.8) is 0 Å². The number of aliphatic hydroxyl groups is 2. The topological polar surface area (TPSA) is 587 Å². The van der Waals surface area contributed by atoms with Gasteiger partial charge in [-0.1, -0.05) is 148 Å². The van der Waals surface area contributed by atoms with Crippen molar-refractivity contribution in [1.29, 1.82) is 0 Å². The summed E-state index contributed by atoms with van der Waals surface area (Å²) in [6.07, 6.45) is 7.86. The van der Waals surface area contributed by atoms with Gasteiger partial charge in [0.25, 0.3) is 0 Å². The Hall–Kier alpha value is -10.2. The number of carbonyl (C=O) groups excluding carboxylic acids is 13. The number of hydrogen-bond donors (Lipinski definition) is 21. The van der Waals surface area contributed by atoms with E-state index in [0.717, 1.165) is 32.1 Å². The molecule has 0 spiro atoms. The summed E-state index contributed by atoms with van der Waals surface area (Å²) < 4.78 is 0. The summed E-state index contributed by atoms with van der Waals surface area (Å²) >= 11 is 0. The van der Waals surface area contributed by atoms with E-state index in [1.807, 2.05) is 0 Å². The monoisotopic (exact) mass is 1560 g/mol. The van der Waals surface area contributed by atoms with E-state index in [9.17, 15) is 92.3 Å². The van der Waals surface area contributed by atoms with Crippen LogP contribution in [0, 0.1) is 17.8 Å². The van der Waals surface area contributed by atoms with Gasteiger partial charge in [-0.05, 0) is 93.6 Å². The largest absolute Gasteiger partial charge is 0.481 e. The van der Waals surface area contributed by atoms with Gasteiger partial charge in [-0.2, -0.15) is 0 Å². The third-order valence-electron chi connectivity index (χ3n) is 18.6. The number of para-hydroxylation sites is 1. The molecule has 2 aromatic carbocycles. The smallest absolute Gasteiger partial charge is 0.325 e. The fraction of sp³-hybridized carbons (Fsp3) is 0.613. The number of unbranched alkanes of at least 4 members (excludes halogenated alkanes) is 7. The maximum Gasteiger partial charge on any atom is 0.325 e. The Morgan fingerprint density at radius 1 is 0.405 bits per heavy atom. The number of carboxylic acid groups (broad SMARTS) is 2. The van der Waals surface area contributed by atoms with Crippen LogP contribution in [0.5, 0.6) is 0 Å². The van der Waals surface area contributed by atoms with E-state index in [4.69, 9.17) is 17.2 Å². The molecule has 0 bridgehead atoms. The first-order chi connectivity index (χ1) is 52.8. The number of nitrogens with one attached hydrogen (secondary N) is 14. The van der Waals surface area contributed by atoms with Gasteiger partial charge < -0.3 is 112 Å². The van der Waals surface area contributed by atoms with Crippen molar-refractivity contribution in [2.45, 2.75) is 237 Å². The van der Waals surface area contributed by atoms with Crippen LogP contribution >= 0.6 is 0 Å². The van der Waals surface area contributed by atoms with Crippen LogP contribution in [-0.2, 0) is 84.8 Å². The molecule has 3 rings (SSSR count). The number of amides is 13. The molecule has 13 atom stereocenters. The van der Waals surface area contributed by atoms with Gasteiger partial charge in [0.1, 0.15) is 72.5 Å². The number of H-pyrrole nitrogens is 1. The van der Waals surface area contributed by atoms with E-state index in [1.54, 1.807) is 102 Å². The first-order valence-corrected chi connectivity index (χ1v) is 38.0. The van der Waals surface area contributed by atoms with Gasteiger partial charge in [0.05, 0.1) is 19.8 Å². The molecule has 36 nitrogen and oxygen atoms in total. The second kappa shape index (κ2) is 50.6. The Morgan fingerprint density at radius 2 is 0.820 bits per heavy atom. The van der Waals surface area contributed by atoms with Gasteiger partial charge in [0.15, 0.2) is 0 Å². The molecule has 0 saturated heterocycles. The average Bonchev–Trinajstić information content (AvgIpc) is 1.72. The summed E-state index contributed by atoms with van der Waals surface area (Å²) in [7, 11) is 0. The van der Waals surface area contributed by atoms with Gasteiger partial charge in [-0.3, -0.25) is 71.9 Å². The predicted octanol–water partition coefficient (Wildman–Crippen LogP) is -2.22. The molecule has 0 aliphatic carbocycles. The second-order valence-corrected chi connectivity index (χ2v) is 28.2. The molecule has 0 aliphatic heterocycles. The van der Waals surface area contributed by atoms with Crippen LogP contribution in [0.1, 0.15) is 163 Å². The van der Waals surface area contributed by atoms with Gasteiger partial charge in [0, 0.05) is 42.8 Å². The highest BCUT2D eigenvalue weighted by molar-refractivity contribution is 6.00. The Bertz CT molecular complexity index is 3540. The van der Waals surface area contributed by atoms with Crippen LogP contribution in [0.4, 0.5) is 0 Å². The van der Waals surface area contributed by atoms with Crippen molar-refractivity contribution >= 4 is 99.6 Å². The number of aromatic amines is 1. The zero-order chi connectivity index (χ0) is 82.9. The molecule has 1 heterocycles. The number of carboxylic acids is 2. The molecule has 0 fully saturated rings. The van der Waals surface area contributed by atoms with E-state index in [0.29, 0.717) is 34.9 Å². The molecule has 3 aromatic rings. The molecular weight excluding hydrogens is 1440 g/mol. The van der Waals surface area contributed by atoms with Crippen molar-refractivity contribution in [2.24, 2.45) is 35.0 Å². The third-order valence-corrected chi connectivity index (χ3v) is 18.6. The predicted molar refractivity (Wildman–Crippen MR) is 410 cm³/mol. The van der Waals surface area contributed by atoms with E-state index >= 15 is 0 Å². The zero-order valence-electron chi connectivity index (χ0n) is 64.8. The van der Waals surface area contributed by atoms with Crippen LogP contribution < -0.4 is 86.3 Å². The fourth-order valence-electron chi connectivity index (χ4n) is 11.8. The van der Waals surface area contributed by atoms with Crippen molar-refractivity contribution in [2.75, 3.05) is 39.4 Å². The third kappa shape index (κ3) is 33.5. The number of aliphatic hydroxyl groups excluding tert-OH is 2. The highest BCUT2D eigenvalue weighted by Crippen LogP contribution is 2.21. The summed E-state index contributed by atoms with van der Waals surface area (Å²) in [4.78, 5) is 207. The zero-order valence-corrected chi connectivity index (χ0v) is 64.8. The Morgan fingerprint density at radius 3 is 1.33 bits per heavy atom. The lowest BCUT2D eigenvalue weighted by Crippen LogP contribution is -2.62. The molecule has 0 unspecified atom stereocenters. The minimum absolute atomic E-state index is 0.0709. The number of rotatable bonds is 54. The van der Waals surface area contributed by atoms with Crippen molar-refractivity contribution in [3.8, 4) is 0 Å². The van der Waals surface area contributed by atoms with Crippen molar-refractivity contribution in [3.05, 3.63) is 71.9 Å². The number of fused-ring (bicyclic) bond motifs is 1. The highest BCUT2D eigenvalue weighted by Gasteiger charge is 2.38. The van der Waals surface area contributed by atoms with Crippen LogP contribution in [0.25, 0.3) is 10.9 Å². The van der Waals surface area contributed by atoms with Crippen LogP contribution in [0.15, 0.2) is 60.8 Å². The minimum Gasteiger partial charge on any atom is -0.481 e. The maximum absolute atomic E-state index is 14.5. The van der Waals surface area contributed by atoms with Crippen LogP contribution in [0.2, 0.25) is 0 Å². The number of aromatic nitrogens is 1. The lowest BCUT2D eigenvalue weighted by atomic mass is 9.96. The molecule has 0 aliphatic rings. The highest BCUT2D eigenvalue weighted by atomic mass is 16.4. The summed E-state index contributed by atoms with van der Waals surface area (Å²) in [6, 6.07) is -2.91.